The van der Waals surface area contributed by atoms with Crippen molar-refractivity contribution in [2.45, 2.75) is 0 Å². The number of H-pyrrole nitrogens is 1. The van der Waals surface area contributed by atoms with E-state index in [9.17, 15) is 9.59 Å². The Bertz CT molecular complexity index is 325. The number of aromatic nitrogens is 3. The van der Waals surface area contributed by atoms with Crippen LogP contribution in [0.25, 0.3) is 0 Å². The molecule has 54 valence electrons. The van der Waals surface area contributed by atoms with Gasteiger partial charge in [-0.15, -0.1) is 4.73 Å². The molecule has 1 heterocycles. The molecule has 0 saturated carbocycles. The van der Waals surface area contributed by atoms with Crippen molar-refractivity contribution in [3.63, 3.8) is 0 Å². The van der Waals surface area contributed by atoms with E-state index in [0.29, 0.717) is 0 Å². The van der Waals surface area contributed by atoms with E-state index in [-0.39, 0.29) is 0 Å². The van der Waals surface area contributed by atoms with Gasteiger partial charge in [-0.05, 0) is 0 Å². The van der Waals surface area contributed by atoms with Gasteiger partial charge in [0.1, 0.15) is 13.4 Å². The smallest absolute Gasteiger partial charge is 0.363 e. The van der Waals surface area contributed by atoms with Gasteiger partial charge >= 0.3 is 11.4 Å². The summed E-state index contributed by atoms with van der Waals surface area (Å²) < 4.78 is 0.807. The van der Waals surface area contributed by atoms with Crippen LogP contribution in [-0.4, -0.2) is 21.8 Å². The molecular weight excluding hydrogens is 138 g/mol. The van der Waals surface area contributed by atoms with E-state index in [0.717, 1.165) is 11.1 Å². The lowest BCUT2D eigenvalue weighted by atomic mass is 11.0. The Morgan fingerprint density at radius 3 is 2.90 bits per heavy atom. The minimum atomic E-state index is -0.682. The molecule has 1 rings (SSSR count). The van der Waals surface area contributed by atoms with Crippen molar-refractivity contribution >= 4 is 0 Å². The van der Waals surface area contributed by atoms with Crippen LogP contribution in [0.2, 0.25) is 0 Å². The largest absolute Gasteiger partial charge is 0.411 e. The normalized spacial score (nSPS) is 9.30. The van der Waals surface area contributed by atoms with E-state index in [1.807, 2.05) is 4.98 Å². The second-order valence-corrected chi connectivity index (χ2v) is 1.49. The highest BCUT2D eigenvalue weighted by molar-refractivity contribution is 4.61. The Balaban J connectivity index is 3.34. The fourth-order valence-corrected chi connectivity index (χ4v) is 0.466. The minimum Gasteiger partial charge on any atom is -0.411 e. The van der Waals surface area contributed by atoms with Crippen molar-refractivity contribution in [2.24, 2.45) is 0 Å². The summed E-state index contributed by atoms with van der Waals surface area (Å²) in [6.07, 6.45) is 1.00. The molecule has 0 fully saturated rings. The molecule has 6 heteroatoms. The average Bonchev–Trinajstić information content (AvgIpc) is 1.88. The summed E-state index contributed by atoms with van der Waals surface area (Å²) in [5, 5.41) is 0. The van der Waals surface area contributed by atoms with Crippen LogP contribution in [0.5, 0.6) is 0 Å². The third-order valence-electron chi connectivity index (χ3n) is 0.891. The number of nitrogens with one attached hydrogen (secondary N) is 1. The maximum Gasteiger partial charge on any atom is 0.363 e. The van der Waals surface area contributed by atoms with Crippen molar-refractivity contribution in [3.8, 4) is 0 Å². The Morgan fingerprint density at radius 2 is 2.40 bits per heavy atom. The molecule has 1 aromatic heterocycles. The average molecular weight is 143 g/mol. The number of hydrogen-bond acceptors (Lipinski definition) is 4. The number of aromatic amines is 1. The number of rotatable bonds is 1. The monoisotopic (exact) mass is 143 g/mol. The van der Waals surface area contributed by atoms with Gasteiger partial charge in [0.2, 0.25) is 0 Å². The fraction of sp³-hybridized carbons (Fsp3) is 0.250. The van der Waals surface area contributed by atoms with Crippen LogP contribution in [0.3, 0.4) is 0 Å². The first-order valence-electron chi connectivity index (χ1n) is 2.46. The van der Waals surface area contributed by atoms with Crippen molar-refractivity contribution in [3.05, 3.63) is 27.3 Å². The molecule has 0 aliphatic heterocycles. The van der Waals surface area contributed by atoms with Crippen LogP contribution in [0.4, 0.5) is 0 Å². The maximum atomic E-state index is 10.6. The molecule has 1 aromatic rings. The molecule has 0 radical (unpaired) electrons. The fourth-order valence-electron chi connectivity index (χ4n) is 0.466. The highest BCUT2D eigenvalue weighted by Gasteiger charge is 1.92. The van der Waals surface area contributed by atoms with Gasteiger partial charge in [0.15, 0.2) is 0 Å². The van der Waals surface area contributed by atoms with Crippen LogP contribution >= 0.6 is 0 Å². The molecule has 0 atom stereocenters. The molecule has 0 unspecified atom stereocenters. The minimum absolute atomic E-state index is 0.637. The summed E-state index contributed by atoms with van der Waals surface area (Å²) in [6.45, 7) is 0. The molecule has 0 spiro atoms. The Morgan fingerprint density at radius 1 is 1.70 bits per heavy atom. The van der Waals surface area contributed by atoms with Crippen molar-refractivity contribution < 1.29 is 4.84 Å². The first kappa shape index (κ1) is 6.53. The quantitative estimate of drug-likeness (QED) is 0.492. The molecule has 6 nitrogen and oxygen atoms in total. The number of nitrogens with zero attached hydrogens (tertiary/aromatic N) is 2. The standard InChI is InChI=1S/C4H5N3O3/c1-10-7-2-5-3(8)6-4(7)9/h2H,1H3,(H,6,8,9). The zero-order valence-corrected chi connectivity index (χ0v) is 5.20. The zero-order valence-electron chi connectivity index (χ0n) is 5.20. The lowest BCUT2D eigenvalue weighted by Gasteiger charge is -1.96. The summed E-state index contributed by atoms with van der Waals surface area (Å²) in [7, 11) is 1.29. The Kier molecular flexibility index (Phi) is 1.53. The van der Waals surface area contributed by atoms with Gasteiger partial charge in [0, 0.05) is 0 Å². The van der Waals surface area contributed by atoms with Gasteiger partial charge in [-0.3, -0.25) is 4.98 Å². The molecule has 0 aliphatic rings. The zero-order chi connectivity index (χ0) is 7.56. The van der Waals surface area contributed by atoms with Crippen LogP contribution in [-0.2, 0) is 0 Å². The SMILES string of the molecule is COn1cnc(=O)[nH]c1=O. The number of hydrogen-bond donors (Lipinski definition) is 1. The third-order valence-corrected chi connectivity index (χ3v) is 0.891. The summed E-state index contributed by atoms with van der Waals surface area (Å²) in [6, 6.07) is 0. The van der Waals surface area contributed by atoms with E-state index >= 15 is 0 Å². The summed E-state index contributed by atoms with van der Waals surface area (Å²) in [4.78, 5) is 30.6. The molecule has 1 N–H and O–H groups in total. The van der Waals surface area contributed by atoms with E-state index in [1.165, 1.54) is 7.11 Å². The van der Waals surface area contributed by atoms with Gasteiger partial charge in [-0.2, -0.15) is 4.98 Å². The molecule has 0 bridgehead atoms. The predicted molar refractivity (Wildman–Crippen MR) is 31.6 cm³/mol. The van der Waals surface area contributed by atoms with Crippen LogP contribution < -0.4 is 16.2 Å². The maximum absolute atomic E-state index is 10.6. The highest BCUT2D eigenvalue weighted by Crippen LogP contribution is 1.58. The summed E-state index contributed by atoms with van der Waals surface area (Å²) in [5.74, 6) is 0. The molecule has 0 amide bonds. The van der Waals surface area contributed by atoms with Crippen LogP contribution in [0, 0.1) is 0 Å². The van der Waals surface area contributed by atoms with Crippen LogP contribution in [0.15, 0.2) is 15.9 Å². The van der Waals surface area contributed by atoms with Gasteiger partial charge in [-0.25, -0.2) is 9.59 Å². The molecular formula is C4H5N3O3. The molecule has 0 saturated heterocycles. The molecule has 10 heavy (non-hydrogen) atoms. The van der Waals surface area contributed by atoms with Gasteiger partial charge < -0.3 is 4.84 Å². The van der Waals surface area contributed by atoms with Crippen LogP contribution in [0.1, 0.15) is 0 Å². The first-order valence-corrected chi connectivity index (χ1v) is 2.46. The topological polar surface area (TPSA) is 77.0 Å². The second-order valence-electron chi connectivity index (χ2n) is 1.49. The van der Waals surface area contributed by atoms with Crippen molar-refractivity contribution in [2.75, 3.05) is 7.11 Å². The van der Waals surface area contributed by atoms with Gasteiger partial charge in [0.25, 0.3) is 0 Å². The van der Waals surface area contributed by atoms with Gasteiger partial charge in [-0.1, -0.05) is 0 Å². The lowest BCUT2D eigenvalue weighted by Crippen LogP contribution is -2.33. The van der Waals surface area contributed by atoms with E-state index in [2.05, 4.69) is 9.82 Å². The summed E-state index contributed by atoms with van der Waals surface area (Å²) in [5.41, 5.74) is -1.32. The lowest BCUT2D eigenvalue weighted by molar-refractivity contribution is 0.148. The highest BCUT2D eigenvalue weighted by atomic mass is 16.7. The third kappa shape index (κ3) is 1.04. The molecule has 0 aromatic carbocycles. The predicted octanol–water partition coefficient (Wildman–Crippen LogP) is -2.01. The Labute approximate surface area is 55.1 Å². The van der Waals surface area contributed by atoms with E-state index in [1.54, 1.807) is 0 Å². The van der Waals surface area contributed by atoms with Gasteiger partial charge in [0.05, 0.1) is 0 Å². The Hall–Kier alpha value is -1.59. The van der Waals surface area contributed by atoms with Crippen molar-refractivity contribution in [1.82, 2.24) is 14.7 Å². The first-order chi connectivity index (χ1) is 4.74. The van der Waals surface area contributed by atoms with E-state index in [4.69, 9.17) is 0 Å². The second kappa shape index (κ2) is 2.34. The molecule has 0 aliphatic carbocycles. The summed E-state index contributed by atoms with van der Waals surface area (Å²) >= 11 is 0. The van der Waals surface area contributed by atoms with Crippen molar-refractivity contribution in [1.29, 1.82) is 0 Å². The van der Waals surface area contributed by atoms with E-state index < -0.39 is 11.4 Å².